The standard InChI is InChI=1S/C11H12N2O2/c1-2-3-6-12-11(14)10-7-9(13-15-10)8-4-5-8/h7-8H,4-6H2,1H3,(H,12,14). The van der Waals surface area contributed by atoms with Crippen molar-refractivity contribution in [2.24, 2.45) is 0 Å². The summed E-state index contributed by atoms with van der Waals surface area (Å²) in [6, 6.07) is 1.71. The highest BCUT2D eigenvalue weighted by atomic mass is 16.5. The molecule has 0 spiro atoms. The highest BCUT2D eigenvalue weighted by Crippen LogP contribution is 2.39. The van der Waals surface area contributed by atoms with Crippen LogP contribution in [0.3, 0.4) is 0 Å². The molecule has 1 aliphatic carbocycles. The molecule has 78 valence electrons. The number of amides is 1. The summed E-state index contributed by atoms with van der Waals surface area (Å²) < 4.78 is 4.95. The fraction of sp³-hybridized carbons (Fsp3) is 0.455. The lowest BCUT2D eigenvalue weighted by Crippen LogP contribution is -2.22. The van der Waals surface area contributed by atoms with E-state index < -0.39 is 0 Å². The van der Waals surface area contributed by atoms with Crippen LogP contribution in [0.2, 0.25) is 0 Å². The molecule has 1 aromatic heterocycles. The summed E-state index contributed by atoms with van der Waals surface area (Å²) in [5, 5.41) is 6.48. The Morgan fingerprint density at radius 1 is 1.73 bits per heavy atom. The minimum absolute atomic E-state index is 0.253. The van der Waals surface area contributed by atoms with Crippen molar-refractivity contribution >= 4 is 5.91 Å². The number of hydrogen-bond donors (Lipinski definition) is 1. The highest BCUT2D eigenvalue weighted by molar-refractivity contribution is 5.91. The second kappa shape index (κ2) is 4.18. The van der Waals surface area contributed by atoms with Gasteiger partial charge in [-0.2, -0.15) is 0 Å². The predicted molar refractivity (Wildman–Crippen MR) is 54.3 cm³/mol. The van der Waals surface area contributed by atoms with Gasteiger partial charge in [0.15, 0.2) is 0 Å². The van der Waals surface area contributed by atoms with E-state index in [-0.39, 0.29) is 11.7 Å². The van der Waals surface area contributed by atoms with Crippen molar-refractivity contribution < 1.29 is 9.32 Å². The van der Waals surface area contributed by atoms with Crippen molar-refractivity contribution in [2.75, 3.05) is 6.54 Å². The van der Waals surface area contributed by atoms with E-state index in [0.717, 1.165) is 18.5 Å². The van der Waals surface area contributed by atoms with E-state index in [4.69, 9.17) is 4.52 Å². The van der Waals surface area contributed by atoms with Crippen LogP contribution in [0.25, 0.3) is 0 Å². The van der Waals surface area contributed by atoms with Crippen LogP contribution in [0, 0.1) is 11.8 Å². The molecule has 0 saturated heterocycles. The molecule has 4 heteroatoms. The minimum Gasteiger partial charge on any atom is -0.351 e. The van der Waals surface area contributed by atoms with E-state index in [2.05, 4.69) is 22.3 Å². The Hall–Kier alpha value is -1.76. The third-order valence-corrected chi connectivity index (χ3v) is 2.26. The second-order valence-electron chi connectivity index (χ2n) is 3.50. The maximum atomic E-state index is 11.5. The SMILES string of the molecule is CC#CCNC(=O)c1cc(C2CC2)no1. The second-order valence-corrected chi connectivity index (χ2v) is 3.50. The molecule has 0 aromatic carbocycles. The molecule has 1 N–H and O–H groups in total. The molecule has 0 aliphatic heterocycles. The van der Waals surface area contributed by atoms with Gasteiger partial charge in [-0.15, -0.1) is 5.92 Å². The molecule has 15 heavy (non-hydrogen) atoms. The Morgan fingerprint density at radius 3 is 3.20 bits per heavy atom. The van der Waals surface area contributed by atoms with E-state index in [0.29, 0.717) is 12.5 Å². The van der Waals surface area contributed by atoms with Gasteiger partial charge in [-0.1, -0.05) is 11.1 Å². The molecular formula is C11H12N2O2. The third kappa shape index (κ3) is 2.38. The van der Waals surface area contributed by atoms with Crippen molar-refractivity contribution in [3.05, 3.63) is 17.5 Å². The number of carbonyl (C=O) groups is 1. The molecule has 1 aromatic rings. The fourth-order valence-electron chi connectivity index (χ4n) is 1.27. The van der Waals surface area contributed by atoms with Gasteiger partial charge in [0.2, 0.25) is 5.76 Å². The number of carbonyl (C=O) groups excluding carboxylic acids is 1. The van der Waals surface area contributed by atoms with Gasteiger partial charge in [0.05, 0.1) is 12.2 Å². The Labute approximate surface area is 88.0 Å². The number of rotatable bonds is 3. The lowest BCUT2D eigenvalue weighted by molar-refractivity contribution is 0.0922. The minimum atomic E-state index is -0.253. The Bertz CT molecular complexity index is 421. The van der Waals surface area contributed by atoms with Crippen LogP contribution in [0.5, 0.6) is 0 Å². The lowest BCUT2D eigenvalue weighted by atomic mass is 10.2. The van der Waals surface area contributed by atoms with E-state index >= 15 is 0 Å². The number of hydrogen-bond acceptors (Lipinski definition) is 3. The zero-order chi connectivity index (χ0) is 10.7. The van der Waals surface area contributed by atoms with Crippen LogP contribution >= 0.6 is 0 Å². The molecule has 1 amide bonds. The predicted octanol–water partition coefficient (Wildman–Crippen LogP) is 1.31. The maximum Gasteiger partial charge on any atom is 0.290 e. The zero-order valence-corrected chi connectivity index (χ0v) is 8.54. The summed E-state index contributed by atoms with van der Waals surface area (Å²) >= 11 is 0. The molecule has 0 unspecified atom stereocenters. The topological polar surface area (TPSA) is 55.1 Å². The molecule has 2 rings (SSSR count). The molecule has 0 atom stereocenters. The molecule has 1 heterocycles. The van der Waals surface area contributed by atoms with Crippen molar-refractivity contribution in [3.8, 4) is 11.8 Å². The van der Waals surface area contributed by atoms with Crippen LogP contribution in [-0.2, 0) is 0 Å². The van der Waals surface area contributed by atoms with Gasteiger partial charge < -0.3 is 9.84 Å². The molecule has 1 aliphatic rings. The Balaban J connectivity index is 1.94. The van der Waals surface area contributed by atoms with Crippen molar-refractivity contribution in [3.63, 3.8) is 0 Å². The molecular weight excluding hydrogens is 192 g/mol. The van der Waals surface area contributed by atoms with Gasteiger partial charge in [-0.3, -0.25) is 4.79 Å². The van der Waals surface area contributed by atoms with Crippen molar-refractivity contribution in [1.82, 2.24) is 10.5 Å². The average molecular weight is 204 g/mol. The first-order chi connectivity index (χ1) is 7.31. The average Bonchev–Trinajstić information content (AvgIpc) is 2.97. The van der Waals surface area contributed by atoms with Crippen LogP contribution in [0.15, 0.2) is 10.6 Å². The highest BCUT2D eigenvalue weighted by Gasteiger charge is 2.28. The van der Waals surface area contributed by atoms with Crippen molar-refractivity contribution in [1.29, 1.82) is 0 Å². The fourth-order valence-corrected chi connectivity index (χ4v) is 1.27. The van der Waals surface area contributed by atoms with Gasteiger partial charge in [-0.05, 0) is 19.8 Å². The Kier molecular flexibility index (Phi) is 2.72. The zero-order valence-electron chi connectivity index (χ0n) is 8.54. The lowest BCUT2D eigenvalue weighted by Gasteiger charge is -1.94. The summed E-state index contributed by atoms with van der Waals surface area (Å²) in [6.07, 6.45) is 2.30. The molecule has 1 fully saturated rings. The van der Waals surface area contributed by atoms with E-state index in [1.54, 1.807) is 13.0 Å². The number of aromatic nitrogens is 1. The smallest absolute Gasteiger partial charge is 0.290 e. The van der Waals surface area contributed by atoms with E-state index in [1.165, 1.54) is 0 Å². The molecule has 0 bridgehead atoms. The van der Waals surface area contributed by atoms with Gasteiger partial charge in [0.25, 0.3) is 5.91 Å². The van der Waals surface area contributed by atoms with Crippen LogP contribution < -0.4 is 5.32 Å². The third-order valence-electron chi connectivity index (χ3n) is 2.26. The first-order valence-corrected chi connectivity index (χ1v) is 4.95. The van der Waals surface area contributed by atoms with Crippen molar-refractivity contribution in [2.45, 2.75) is 25.7 Å². The summed E-state index contributed by atoms with van der Waals surface area (Å²) in [5.41, 5.74) is 0.890. The normalized spacial score (nSPS) is 14.2. The Morgan fingerprint density at radius 2 is 2.53 bits per heavy atom. The largest absolute Gasteiger partial charge is 0.351 e. The number of nitrogens with zero attached hydrogens (tertiary/aromatic N) is 1. The summed E-state index contributed by atoms with van der Waals surface area (Å²) in [6.45, 7) is 2.07. The summed E-state index contributed by atoms with van der Waals surface area (Å²) in [5.74, 6) is 5.97. The first-order valence-electron chi connectivity index (χ1n) is 4.95. The van der Waals surface area contributed by atoms with E-state index in [9.17, 15) is 4.79 Å². The monoisotopic (exact) mass is 204 g/mol. The van der Waals surface area contributed by atoms with Gasteiger partial charge in [0, 0.05) is 12.0 Å². The summed E-state index contributed by atoms with van der Waals surface area (Å²) in [4.78, 5) is 11.5. The summed E-state index contributed by atoms with van der Waals surface area (Å²) in [7, 11) is 0. The van der Waals surface area contributed by atoms with Gasteiger partial charge in [0.1, 0.15) is 0 Å². The molecule has 4 nitrogen and oxygen atoms in total. The first kappa shape index (κ1) is 9.78. The molecule has 0 radical (unpaired) electrons. The number of nitrogens with one attached hydrogen (secondary N) is 1. The van der Waals surface area contributed by atoms with Crippen LogP contribution in [-0.4, -0.2) is 17.6 Å². The van der Waals surface area contributed by atoms with Gasteiger partial charge >= 0.3 is 0 Å². The van der Waals surface area contributed by atoms with Crippen LogP contribution in [0.1, 0.15) is 41.9 Å². The quantitative estimate of drug-likeness (QED) is 0.755. The van der Waals surface area contributed by atoms with Gasteiger partial charge in [-0.25, -0.2) is 0 Å². The van der Waals surface area contributed by atoms with Crippen LogP contribution in [0.4, 0.5) is 0 Å². The van der Waals surface area contributed by atoms with E-state index in [1.807, 2.05) is 0 Å². The maximum absolute atomic E-state index is 11.5. The molecule has 1 saturated carbocycles.